The van der Waals surface area contributed by atoms with Crippen molar-refractivity contribution in [1.29, 1.82) is 0 Å². The molecule has 4 nitrogen and oxygen atoms in total. The smallest absolute Gasteiger partial charge is 0.169 e. The molecule has 5 heteroatoms. The molecule has 0 aliphatic rings. The van der Waals surface area contributed by atoms with Crippen LogP contribution >= 0.6 is 0 Å². The van der Waals surface area contributed by atoms with Crippen molar-refractivity contribution in [3.05, 3.63) is 29.6 Å². The Bertz CT molecular complexity index is 397. The Kier molecular flexibility index (Phi) is 5.07. The van der Waals surface area contributed by atoms with Gasteiger partial charge < -0.3 is 9.47 Å². The van der Waals surface area contributed by atoms with Gasteiger partial charge in [-0.3, -0.25) is 5.84 Å². The maximum atomic E-state index is 14.2. The highest BCUT2D eigenvalue weighted by molar-refractivity contribution is 5.34. The summed E-state index contributed by atoms with van der Waals surface area (Å²) in [5.74, 6) is 5.32. The van der Waals surface area contributed by atoms with Crippen LogP contribution in [0.3, 0.4) is 0 Å². The second-order valence-electron chi connectivity index (χ2n) is 4.50. The second kappa shape index (κ2) is 6.13. The van der Waals surface area contributed by atoms with Gasteiger partial charge in [0.1, 0.15) is 0 Å². The van der Waals surface area contributed by atoms with Gasteiger partial charge in [0.15, 0.2) is 11.6 Å². The van der Waals surface area contributed by atoms with Gasteiger partial charge in [-0.05, 0) is 26.8 Å². The van der Waals surface area contributed by atoms with Gasteiger partial charge in [-0.15, -0.1) is 0 Å². The van der Waals surface area contributed by atoms with Crippen LogP contribution in [0.5, 0.6) is 5.75 Å². The monoisotopic (exact) mass is 256 g/mol. The van der Waals surface area contributed by atoms with Crippen LogP contribution in [0.1, 0.15) is 32.4 Å². The quantitative estimate of drug-likeness (QED) is 0.605. The van der Waals surface area contributed by atoms with Crippen molar-refractivity contribution in [3.8, 4) is 5.75 Å². The average Bonchev–Trinajstić information content (AvgIpc) is 2.31. The number of ether oxygens (including phenoxy) is 2. The van der Waals surface area contributed by atoms with E-state index in [4.69, 9.17) is 15.3 Å². The van der Waals surface area contributed by atoms with E-state index in [-0.39, 0.29) is 5.75 Å². The maximum absolute atomic E-state index is 14.2. The molecule has 0 aliphatic heterocycles. The first kappa shape index (κ1) is 14.9. The topological polar surface area (TPSA) is 56.5 Å². The highest BCUT2D eigenvalue weighted by Gasteiger charge is 2.33. The van der Waals surface area contributed by atoms with E-state index >= 15 is 0 Å². The molecule has 1 aromatic rings. The Morgan fingerprint density at radius 3 is 2.61 bits per heavy atom. The van der Waals surface area contributed by atoms with Crippen molar-refractivity contribution in [3.63, 3.8) is 0 Å². The van der Waals surface area contributed by atoms with E-state index < -0.39 is 17.5 Å². The standard InChI is InChI=1S/C13H21FN2O2/c1-5-18-13(2,3)12(16-15)9-7-6-8-10(17-4)11(9)14/h6-8,12,16H,5,15H2,1-4H3. The Morgan fingerprint density at radius 2 is 2.11 bits per heavy atom. The van der Waals surface area contributed by atoms with Crippen molar-refractivity contribution in [2.75, 3.05) is 13.7 Å². The largest absolute Gasteiger partial charge is 0.494 e. The molecule has 0 aliphatic carbocycles. The molecule has 1 unspecified atom stereocenters. The first-order chi connectivity index (χ1) is 8.47. The van der Waals surface area contributed by atoms with E-state index in [9.17, 15) is 4.39 Å². The van der Waals surface area contributed by atoms with Crippen molar-refractivity contribution in [2.24, 2.45) is 5.84 Å². The minimum Gasteiger partial charge on any atom is -0.494 e. The van der Waals surface area contributed by atoms with Gasteiger partial charge in [0.25, 0.3) is 0 Å². The summed E-state index contributed by atoms with van der Waals surface area (Å²) in [6, 6.07) is 4.50. The fourth-order valence-electron chi connectivity index (χ4n) is 2.03. The molecule has 1 aromatic carbocycles. The first-order valence-electron chi connectivity index (χ1n) is 5.90. The molecule has 0 heterocycles. The van der Waals surface area contributed by atoms with Crippen LogP contribution in [0, 0.1) is 5.82 Å². The summed E-state index contributed by atoms with van der Waals surface area (Å²) >= 11 is 0. The summed E-state index contributed by atoms with van der Waals surface area (Å²) in [5.41, 5.74) is 2.41. The third kappa shape index (κ3) is 2.98. The van der Waals surface area contributed by atoms with Gasteiger partial charge in [-0.1, -0.05) is 12.1 Å². The van der Waals surface area contributed by atoms with E-state index in [1.807, 2.05) is 20.8 Å². The normalized spacial score (nSPS) is 13.4. The average molecular weight is 256 g/mol. The molecule has 0 aromatic heterocycles. The number of hydrazine groups is 1. The Hall–Kier alpha value is -1.17. The van der Waals surface area contributed by atoms with E-state index in [0.29, 0.717) is 12.2 Å². The molecule has 0 saturated heterocycles. The summed E-state index contributed by atoms with van der Waals surface area (Å²) in [6.45, 7) is 6.13. The number of methoxy groups -OCH3 is 1. The van der Waals surface area contributed by atoms with E-state index in [2.05, 4.69) is 5.43 Å². The molecule has 0 bridgehead atoms. The Balaban J connectivity index is 3.17. The summed E-state index contributed by atoms with van der Waals surface area (Å²) in [7, 11) is 1.43. The van der Waals surface area contributed by atoms with Gasteiger partial charge in [0.2, 0.25) is 0 Å². The zero-order valence-electron chi connectivity index (χ0n) is 11.3. The molecule has 3 N–H and O–H groups in total. The van der Waals surface area contributed by atoms with Crippen molar-refractivity contribution < 1.29 is 13.9 Å². The summed E-state index contributed by atoms with van der Waals surface area (Å²) in [4.78, 5) is 0. The minimum atomic E-state index is -0.628. The van der Waals surface area contributed by atoms with Crippen LogP contribution in [-0.2, 0) is 4.74 Å². The SMILES string of the molecule is CCOC(C)(C)C(NN)c1cccc(OC)c1F. The number of nitrogens with two attached hydrogens (primary N) is 1. The van der Waals surface area contributed by atoms with Gasteiger partial charge in [-0.25, -0.2) is 9.82 Å². The predicted molar refractivity (Wildman–Crippen MR) is 68.7 cm³/mol. The molecule has 0 saturated carbocycles. The van der Waals surface area contributed by atoms with Crippen molar-refractivity contribution in [1.82, 2.24) is 5.43 Å². The third-order valence-corrected chi connectivity index (χ3v) is 2.90. The highest BCUT2D eigenvalue weighted by atomic mass is 19.1. The molecule has 1 rings (SSSR count). The third-order valence-electron chi connectivity index (χ3n) is 2.90. The van der Waals surface area contributed by atoms with Crippen molar-refractivity contribution >= 4 is 0 Å². The summed E-state index contributed by atoms with van der Waals surface area (Å²) in [5, 5.41) is 0. The molecular weight excluding hydrogens is 235 g/mol. The van der Waals surface area contributed by atoms with Gasteiger partial charge in [0.05, 0.1) is 18.8 Å². The fraction of sp³-hybridized carbons (Fsp3) is 0.538. The lowest BCUT2D eigenvalue weighted by Gasteiger charge is -2.34. The second-order valence-corrected chi connectivity index (χ2v) is 4.50. The van der Waals surface area contributed by atoms with Crippen molar-refractivity contribution in [2.45, 2.75) is 32.4 Å². The molecule has 0 fully saturated rings. The number of halogens is 1. The van der Waals surface area contributed by atoms with Crippen LogP contribution in [0.25, 0.3) is 0 Å². The molecule has 102 valence electrons. The van der Waals surface area contributed by atoms with Crippen LogP contribution in [0.4, 0.5) is 4.39 Å². The molecule has 0 radical (unpaired) electrons. The fourth-order valence-corrected chi connectivity index (χ4v) is 2.03. The molecular formula is C13H21FN2O2. The van der Waals surface area contributed by atoms with Gasteiger partial charge in [0, 0.05) is 12.2 Å². The lowest BCUT2D eigenvalue weighted by Crippen LogP contribution is -2.45. The van der Waals surface area contributed by atoms with Crippen LogP contribution in [0.15, 0.2) is 18.2 Å². The number of benzene rings is 1. The van der Waals surface area contributed by atoms with Gasteiger partial charge >= 0.3 is 0 Å². The van der Waals surface area contributed by atoms with E-state index in [1.54, 1.807) is 18.2 Å². The number of rotatable bonds is 6. The Labute approximate surface area is 107 Å². The number of hydrogen-bond donors (Lipinski definition) is 2. The maximum Gasteiger partial charge on any atom is 0.169 e. The lowest BCUT2D eigenvalue weighted by molar-refractivity contribution is -0.0401. The Morgan fingerprint density at radius 1 is 1.44 bits per heavy atom. The lowest BCUT2D eigenvalue weighted by atomic mass is 9.91. The zero-order valence-corrected chi connectivity index (χ0v) is 11.3. The van der Waals surface area contributed by atoms with E-state index in [1.165, 1.54) is 7.11 Å². The minimum absolute atomic E-state index is 0.194. The van der Waals surface area contributed by atoms with Crippen LogP contribution in [-0.4, -0.2) is 19.3 Å². The van der Waals surface area contributed by atoms with E-state index in [0.717, 1.165) is 0 Å². The number of nitrogens with one attached hydrogen (secondary N) is 1. The summed E-state index contributed by atoms with van der Waals surface area (Å²) < 4.78 is 24.8. The molecule has 0 amide bonds. The van der Waals surface area contributed by atoms with Crippen LogP contribution < -0.4 is 16.0 Å². The first-order valence-corrected chi connectivity index (χ1v) is 5.90. The number of hydrogen-bond acceptors (Lipinski definition) is 4. The molecule has 0 spiro atoms. The molecule has 18 heavy (non-hydrogen) atoms. The highest BCUT2D eigenvalue weighted by Crippen LogP contribution is 2.32. The van der Waals surface area contributed by atoms with Gasteiger partial charge in [-0.2, -0.15) is 0 Å². The zero-order chi connectivity index (χ0) is 13.8. The summed E-state index contributed by atoms with van der Waals surface area (Å²) in [6.07, 6.45) is 0. The predicted octanol–water partition coefficient (Wildman–Crippen LogP) is 2.15. The van der Waals surface area contributed by atoms with Crippen LogP contribution in [0.2, 0.25) is 0 Å². The molecule has 1 atom stereocenters.